The Bertz CT molecular complexity index is 1330. The molecule has 3 rings (SSSR count). The van der Waals surface area contributed by atoms with Gasteiger partial charge in [-0.2, -0.15) is 5.10 Å². The zero-order valence-electron chi connectivity index (χ0n) is 19.2. The minimum Gasteiger partial charge on any atom is -0.497 e. The Morgan fingerprint density at radius 1 is 1.00 bits per heavy atom. The molecule has 0 atom stereocenters. The topological polar surface area (TPSA) is 141 Å². The molecule has 0 amide bonds. The SMILES string of the molecule is CCOc1ccc(/C=N\Nc2ccc(S(=O)(=O)Nc3ccc(OC)cc3)cc2[N+](=O)[O-])cc1OC. The Hall–Kier alpha value is -4.32. The number of hydrazone groups is 1. The van der Waals surface area contributed by atoms with E-state index in [1.807, 2.05) is 6.92 Å². The zero-order chi connectivity index (χ0) is 25.4. The second-order valence-corrected chi connectivity index (χ2v) is 8.67. The number of methoxy groups -OCH3 is 2. The van der Waals surface area contributed by atoms with Gasteiger partial charge < -0.3 is 14.2 Å². The fourth-order valence-electron chi connectivity index (χ4n) is 3.01. The van der Waals surface area contributed by atoms with Gasteiger partial charge in [0, 0.05) is 11.8 Å². The van der Waals surface area contributed by atoms with Crippen LogP contribution in [0.1, 0.15) is 12.5 Å². The quantitative estimate of drug-likeness (QED) is 0.226. The lowest BCUT2D eigenvalue weighted by Crippen LogP contribution is -2.13. The van der Waals surface area contributed by atoms with E-state index in [4.69, 9.17) is 14.2 Å². The Kier molecular flexibility index (Phi) is 8.10. The van der Waals surface area contributed by atoms with E-state index in [0.717, 1.165) is 6.07 Å². The van der Waals surface area contributed by atoms with Crippen LogP contribution in [0.4, 0.5) is 17.1 Å². The van der Waals surface area contributed by atoms with Gasteiger partial charge in [0.15, 0.2) is 11.5 Å². The number of sulfonamides is 1. The summed E-state index contributed by atoms with van der Waals surface area (Å²) in [6.45, 7) is 2.34. The fourth-order valence-corrected chi connectivity index (χ4v) is 4.09. The van der Waals surface area contributed by atoms with Crippen molar-refractivity contribution in [3.8, 4) is 17.2 Å². The van der Waals surface area contributed by atoms with E-state index in [1.54, 1.807) is 30.3 Å². The number of ether oxygens (including phenoxy) is 3. The molecule has 0 bridgehead atoms. The summed E-state index contributed by atoms with van der Waals surface area (Å²) in [5.74, 6) is 1.65. The van der Waals surface area contributed by atoms with Gasteiger partial charge in [0.25, 0.3) is 15.7 Å². The molecule has 3 aromatic rings. The third-order valence-corrected chi connectivity index (χ3v) is 6.08. The molecule has 12 heteroatoms. The van der Waals surface area contributed by atoms with Gasteiger partial charge >= 0.3 is 0 Å². The molecule has 11 nitrogen and oxygen atoms in total. The van der Waals surface area contributed by atoms with Gasteiger partial charge in [-0.25, -0.2) is 8.42 Å². The summed E-state index contributed by atoms with van der Waals surface area (Å²) in [6.07, 6.45) is 1.44. The molecule has 0 aliphatic rings. The van der Waals surface area contributed by atoms with Gasteiger partial charge in [-0.15, -0.1) is 0 Å². The van der Waals surface area contributed by atoms with Crippen molar-refractivity contribution in [2.75, 3.05) is 31.0 Å². The van der Waals surface area contributed by atoms with Crippen molar-refractivity contribution in [2.24, 2.45) is 5.10 Å². The highest BCUT2D eigenvalue weighted by molar-refractivity contribution is 7.92. The molecule has 0 radical (unpaired) electrons. The Morgan fingerprint density at radius 2 is 1.74 bits per heavy atom. The second-order valence-electron chi connectivity index (χ2n) is 6.98. The summed E-state index contributed by atoms with van der Waals surface area (Å²) in [5.41, 5.74) is 3.09. The van der Waals surface area contributed by atoms with Crippen molar-refractivity contribution >= 4 is 33.3 Å². The molecule has 0 aliphatic heterocycles. The number of nitrogens with zero attached hydrogens (tertiary/aromatic N) is 2. The maximum absolute atomic E-state index is 12.7. The Morgan fingerprint density at radius 3 is 2.37 bits per heavy atom. The van der Waals surface area contributed by atoms with E-state index in [1.165, 1.54) is 44.7 Å². The van der Waals surface area contributed by atoms with Gasteiger partial charge in [-0.1, -0.05) is 0 Å². The number of hydrogen-bond donors (Lipinski definition) is 2. The van der Waals surface area contributed by atoms with E-state index < -0.39 is 20.6 Å². The smallest absolute Gasteiger partial charge is 0.295 e. The maximum atomic E-state index is 12.7. The lowest BCUT2D eigenvalue weighted by atomic mass is 10.2. The van der Waals surface area contributed by atoms with Crippen LogP contribution in [0.15, 0.2) is 70.7 Å². The third-order valence-electron chi connectivity index (χ3n) is 4.70. The molecule has 0 heterocycles. The average Bonchev–Trinajstić information content (AvgIpc) is 2.85. The highest BCUT2D eigenvalue weighted by Crippen LogP contribution is 2.30. The van der Waals surface area contributed by atoms with Crippen molar-refractivity contribution in [3.05, 3.63) is 76.3 Å². The second kappa shape index (κ2) is 11.2. The first kappa shape index (κ1) is 25.3. The molecule has 3 aromatic carbocycles. The predicted octanol–water partition coefficient (Wildman–Crippen LogP) is 4.26. The van der Waals surface area contributed by atoms with E-state index >= 15 is 0 Å². The third kappa shape index (κ3) is 6.38. The monoisotopic (exact) mass is 500 g/mol. The summed E-state index contributed by atoms with van der Waals surface area (Å²) in [5, 5.41) is 15.6. The van der Waals surface area contributed by atoms with Crippen molar-refractivity contribution in [1.82, 2.24) is 0 Å². The number of rotatable bonds is 11. The molecule has 35 heavy (non-hydrogen) atoms. The molecule has 0 saturated heterocycles. The van der Waals surface area contributed by atoms with Gasteiger partial charge in [0.2, 0.25) is 0 Å². The molecular formula is C23H24N4O7S. The number of benzene rings is 3. The molecule has 0 aromatic heterocycles. The van der Waals surface area contributed by atoms with Crippen molar-refractivity contribution in [3.63, 3.8) is 0 Å². The summed E-state index contributed by atoms with van der Waals surface area (Å²) in [6, 6.07) is 14.9. The summed E-state index contributed by atoms with van der Waals surface area (Å²) >= 11 is 0. The van der Waals surface area contributed by atoms with E-state index in [9.17, 15) is 18.5 Å². The summed E-state index contributed by atoms with van der Waals surface area (Å²) in [4.78, 5) is 10.6. The Balaban J connectivity index is 1.79. The lowest BCUT2D eigenvalue weighted by molar-refractivity contribution is -0.384. The van der Waals surface area contributed by atoms with Gasteiger partial charge in [-0.05, 0) is 67.1 Å². The minimum atomic E-state index is -4.07. The van der Waals surface area contributed by atoms with Crippen LogP contribution in [0.25, 0.3) is 0 Å². The average molecular weight is 501 g/mol. The molecule has 0 aliphatic carbocycles. The minimum absolute atomic E-state index is 0.0209. The molecular weight excluding hydrogens is 476 g/mol. The van der Waals surface area contributed by atoms with Crippen LogP contribution in [0.5, 0.6) is 17.2 Å². The largest absolute Gasteiger partial charge is 0.497 e. The predicted molar refractivity (Wildman–Crippen MR) is 132 cm³/mol. The Labute approximate surface area is 202 Å². The standard InChI is InChI=1S/C23H24N4O7S/c1-4-34-22-12-5-16(13-23(22)33-3)15-24-25-20-11-10-19(14-21(20)27(28)29)35(30,31)26-17-6-8-18(32-2)9-7-17/h5-15,25-26H,4H2,1-3H3/b24-15-. The molecule has 0 unspecified atom stereocenters. The van der Waals surface area contributed by atoms with Gasteiger partial charge in [0.1, 0.15) is 11.4 Å². The van der Waals surface area contributed by atoms with Crippen molar-refractivity contribution in [1.29, 1.82) is 0 Å². The maximum Gasteiger partial charge on any atom is 0.295 e. The lowest BCUT2D eigenvalue weighted by Gasteiger charge is -2.10. The summed E-state index contributed by atoms with van der Waals surface area (Å²) < 4.78 is 43.7. The number of anilines is 2. The summed E-state index contributed by atoms with van der Waals surface area (Å²) in [7, 11) is -1.07. The molecule has 2 N–H and O–H groups in total. The van der Waals surface area contributed by atoms with Crippen LogP contribution in [0, 0.1) is 10.1 Å². The van der Waals surface area contributed by atoms with Crippen LogP contribution in [-0.4, -0.2) is 40.4 Å². The van der Waals surface area contributed by atoms with Crippen LogP contribution in [0.2, 0.25) is 0 Å². The highest BCUT2D eigenvalue weighted by atomic mass is 32.2. The van der Waals surface area contributed by atoms with Gasteiger partial charge in [-0.3, -0.25) is 20.3 Å². The number of nitro benzene ring substituents is 1. The van der Waals surface area contributed by atoms with Crippen molar-refractivity contribution in [2.45, 2.75) is 11.8 Å². The first-order valence-corrected chi connectivity index (χ1v) is 11.8. The van der Waals surface area contributed by atoms with E-state index in [2.05, 4.69) is 15.2 Å². The van der Waals surface area contributed by atoms with E-state index in [-0.39, 0.29) is 16.3 Å². The fraction of sp³-hybridized carbons (Fsp3) is 0.174. The zero-order valence-corrected chi connectivity index (χ0v) is 20.0. The van der Waals surface area contributed by atoms with Gasteiger partial charge in [0.05, 0.1) is 36.9 Å². The van der Waals surface area contributed by atoms with Crippen molar-refractivity contribution < 1.29 is 27.6 Å². The first-order valence-electron chi connectivity index (χ1n) is 10.3. The number of hydrogen-bond acceptors (Lipinski definition) is 9. The normalized spacial score (nSPS) is 11.2. The first-order chi connectivity index (χ1) is 16.8. The molecule has 0 fully saturated rings. The van der Waals surface area contributed by atoms with Crippen LogP contribution >= 0.6 is 0 Å². The number of nitrogens with one attached hydrogen (secondary N) is 2. The highest BCUT2D eigenvalue weighted by Gasteiger charge is 2.21. The number of nitro groups is 1. The van der Waals surface area contributed by atoms with Crippen LogP contribution in [0.3, 0.4) is 0 Å². The molecule has 0 saturated carbocycles. The van der Waals surface area contributed by atoms with Crippen LogP contribution in [-0.2, 0) is 10.0 Å². The molecule has 0 spiro atoms. The molecule has 184 valence electrons. The van der Waals surface area contributed by atoms with E-state index in [0.29, 0.717) is 29.4 Å². The van der Waals surface area contributed by atoms with Crippen LogP contribution < -0.4 is 24.4 Å².